The maximum absolute atomic E-state index is 11.2. The maximum atomic E-state index is 11.2. The summed E-state index contributed by atoms with van der Waals surface area (Å²) < 4.78 is 0. The molecule has 6 heteroatoms. The van der Waals surface area contributed by atoms with E-state index in [1.165, 1.54) is 12.1 Å². The van der Waals surface area contributed by atoms with Crippen LogP contribution in [0.2, 0.25) is 0 Å². The first-order valence-electron chi connectivity index (χ1n) is 6.06. The molecule has 0 fully saturated rings. The Labute approximate surface area is 117 Å². The van der Waals surface area contributed by atoms with Crippen LogP contribution in [-0.2, 0) is 4.79 Å². The Hall–Kier alpha value is -2.37. The molecular formula is C14H18N2O4. The molecule has 0 aliphatic rings. The Morgan fingerprint density at radius 3 is 2.45 bits per heavy atom. The number of anilines is 1. The Kier molecular flexibility index (Phi) is 4.49. The van der Waals surface area contributed by atoms with Gasteiger partial charge in [-0.25, -0.2) is 4.79 Å². The molecule has 0 amide bonds. The van der Waals surface area contributed by atoms with Crippen molar-refractivity contribution in [2.24, 2.45) is 0 Å². The average Bonchev–Trinajstić information content (AvgIpc) is 2.33. The van der Waals surface area contributed by atoms with Gasteiger partial charge in [0.05, 0.1) is 4.92 Å². The first-order valence-corrected chi connectivity index (χ1v) is 6.06. The summed E-state index contributed by atoms with van der Waals surface area (Å²) in [5, 5.41) is 19.8. The van der Waals surface area contributed by atoms with Crippen LogP contribution in [0.25, 0.3) is 6.08 Å². The van der Waals surface area contributed by atoms with Crippen LogP contribution >= 0.6 is 0 Å². The molecule has 0 radical (unpaired) electrons. The summed E-state index contributed by atoms with van der Waals surface area (Å²) >= 11 is 0. The predicted molar refractivity (Wildman–Crippen MR) is 77.9 cm³/mol. The Morgan fingerprint density at radius 2 is 2.00 bits per heavy atom. The minimum atomic E-state index is -1.09. The summed E-state index contributed by atoms with van der Waals surface area (Å²) in [4.78, 5) is 23.0. The van der Waals surface area contributed by atoms with E-state index < -0.39 is 10.9 Å². The Bertz CT molecular complexity index is 559. The predicted octanol–water partition coefficient (Wildman–Crippen LogP) is 2.93. The summed E-state index contributed by atoms with van der Waals surface area (Å²) in [5.41, 5.74) is 0.665. The molecule has 0 spiro atoms. The zero-order valence-electron chi connectivity index (χ0n) is 12.0. The van der Waals surface area contributed by atoms with E-state index in [9.17, 15) is 14.9 Å². The van der Waals surface area contributed by atoms with E-state index in [4.69, 9.17) is 5.11 Å². The SMILES string of the molecule is CN(c1ccc(C=CC(=O)O)cc1[N+](=O)[O-])C(C)(C)C. The Morgan fingerprint density at radius 1 is 1.40 bits per heavy atom. The fourth-order valence-electron chi connectivity index (χ4n) is 1.60. The van der Waals surface area contributed by atoms with Crippen molar-refractivity contribution in [2.45, 2.75) is 26.3 Å². The molecule has 0 aliphatic heterocycles. The molecule has 1 rings (SSSR count). The second kappa shape index (κ2) is 5.73. The second-order valence-electron chi connectivity index (χ2n) is 5.41. The highest BCUT2D eigenvalue weighted by atomic mass is 16.6. The molecule has 0 aromatic heterocycles. The van der Waals surface area contributed by atoms with Gasteiger partial charge in [-0.3, -0.25) is 10.1 Å². The third-order valence-electron chi connectivity index (χ3n) is 2.98. The minimum absolute atomic E-state index is 0.0463. The lowest BCUT2D eigenvalue weighted by atomic mass is 10.0. The van der Waals surface area contributed by atoms with Gasteiger partial charge in [-0.1, -0.05) is 6.07 Å². The van der Waals surface area contributed by atoms with Gasteiger partial charge >= 0.3 is 5.97 Å². The number of hydrogen-bond acceptors (Lipinski definition) is 4. The number of benzene rings is 1. The lowest BCUT2D eigenvalue weighted by Gasteiger charge is -2.33. The summed E-state index contributed by atoms with van der Waals surface area (Å²) in [7, 11) is 1.79. The van der Waals surface area contributed by atoms with Gasteiger partial charge in [-0.15, -0.1) is 0 Å². The number of carboxylic acid groups (broad SMARTS) is 1. The first-order chi connectivity index (χ1) is 9.12. The van der Waals surface area contributed by atoms with Crippen LogP contribution in [0.3, 0.4) is 0 Å². The number of carboxylic acids is 1. The van der Waals surface area contributed by atoms with E-state index in [0.29, 0.717) is 11.3 Å². The van der Waals surface area contributed by atoms with Gasteiger partial charge in [-0.05, 0) is 38.5 Å². The summed E-state index contributed by atoms with van der Waals surface area (Å²) in [6, 6.07) is 4.66. The standard InChI is InChI=1S/C14H18N2O4/c1-14(2,3)15(4)11-7-5-10(6-8-13(17)18)9-12(11)16(19)20/h5-9H,1-4H3,(H,17,18). The maximum Gasteiger partial charge on any atom is 0.328 e. The van der Waals surface area contributed by atoms with Crippen molar-refractivity contribution in [3.8, 4) is 0 Å². The molecule has 1 aromatic rings. The number of carbonyl (C=O) groups is 1. The highest BCUT2D eigenvalue weighted by molar-refractivity contribution is 5.85. The van der Waals surface area contributed by atoms with Gasteiger partial charge in [0.1, 0.15) is 5.69 Å². The van der Waals surface area contributed by atoms with Crippen molar-refractivity contribution in [3.05, 3.63) is 40.0 Å². The fourth-order valence-corrected chi connectivity index (χ4v) is 1.60. The van der Waals surface area contributed by atoms with E-state index in [0.717, 1.165) is 6.08 Å². The summed E-state index contributed by atoms with van der Waals surface area (Å²) in [6.07, 6.45) is 2.28. The Balaban J connectivity index is 3.28. The topological polar surface area (TPSA) is 83.7 Å². The van der Waals surface area contributed by atoms with Crippen molar-refractivity contribution in [1.82, 2.24) is 0 Å². The van der Waals surface area contributed by atoms with E-state index in [1.807, 2.05) is 25.7 Å². The monoisotopic (exact) mass is 278 g/mol. The van der Waals surface area contributed by atoms with Crippen molar-refractivity contribution < 1.29 is 14.8 Å². The number of nitrogens with zero attached hydrogens (tertiary/aromatic N) is 2. The van der Waals surface area contributed by atoms with Crippen LogP contribution in [-0.4, -0.2) is 28.6 Å². The molecule has 6 nitrogen and oxygen atoms in total. The van der Waals surface area contributed by atoms with Crippen molar-refractivity contribution >= 4 is 23.4 Å². The normalized spacial score (nSPS) is 11.6. The lowest BCUT2D eigenvalue weighted by Crippen LogP contribution is -2.38. The highest BCUT2D eigenvalue weighted by Crippen LogP contribution is 2.32. The van der Waals surface area contributed by atoms with Gasteiger partial charge < -0.3 is 10.0 Å². The fraction of sp³-hybridized carbons (Fsp3) is 0.357. The zero-order valence-corrected chi connectivity index (χ0v) is 12.0. The van der Waals surface area contributed by atoms with Crippen molar-refractivity contribution in [1.29, 1.82) is 0 Å². The van der Waals surface area contributed by atoms with E-state index in [2.05, 4.69) is 0 Å². The number of nitro groups is 1. The molecule has 0 saturated heterocycles. The smallest absolute Gasteiger partial charge is 0.328 e. The van der Waals surface area contributed by atoms with Crippen LogP contribution in [0, 0.1) is 10.1 Å². The van der Waals surface area contributed by atoms with Crippen molar-refractivity contribution in [2.75, 3.05) is 11.9 Å². The molecule has 0 atom stereocenters. The van der Waals surface area contributed by atoms with Crippen LogP contribution < -0.4 is 4.90 Å². The van der Waals surface area contributed by atoms with Gasteiger partial charge in [0.25, 0.3) is 5.69 Å². The summed E-state index contributed by atoms with van der Waals surface area (Å²) in [6.45, 7) is 5.86. The molecule has 0 bridgehead atoms. The van der Waals surface area contributed by atoms with E-state index >= 15 is 0 Å². The molecule has 0 aliphatic carbocycles. The number of hydrogen-bond donors (Lipinski definition) is 1. The van der Waals surface area contributed by atoms with Crippen molar-refractivity contribution in [3.63, 3.8) is 0 Å². The van der Waals surface area contributed by atoms with E-state index in [1.54, 1.807) is 19.2 Å². The van der Waals surface area contributed by atoms with Crippen LogP contribution in [0.15, 0.2) is 24.3 Å². The lowest BCUT2D eigenvalue weighted by molar-refractivity contribution is -0.384. The molecular weight excluding hydrogens is 260 g/mol. The average molecular weight is 278 g/mol. The molecule has 0 unspecified atom stereocenters. The van der Waals surface area contributed by atoms with Crippen LogP contribution in [0.4, 0.5) is 11.4 Å². The number of nitro benzene ring substituents is 1. The quantitative estimate of drug-likeness (QED) is 0.520. The molecule has 0 heterocycles. The van der Waals surface area contributed by atoms with Gasteiger partial charge in [0, 0.05) is 24.7 Å². The van der Waals surface area contributed by atoms with E-state index in [-0.39, 0.29) is 11.2 Å². The first kappa shape index (κ1) is 15.7. The molecule has 1 N–H and O–H groups in total. The van der Waals surface area contributed by atoms with Gasteiger partial charge in [-0.2, -0.15) is 0 Å². The molecule has 1 aromatic carbocycles. The number of aliphatic carboxylic acids is 1. The third kappa shape index (κ3) is 3.81. The minimum Gasteiger partial charge on any atom is -0.478 e. The van der Waals surface area contributed by atoms with Crippen LogP contribution in [0.5, 0.6) is 0 Å². The van der Waals surface area contributed by atoms with Gasteiger partial charge in [0.15, 0.2) is 0 Å². The zero-order chi connectivity index (χ0) is 15.5. The largest absolute Gasteiger partial charge is 0.478 e. The van der Waals surface area contributed by atoms with Gasteiger partial charge in [0.2, 0.25) is 0 Å². The summed E-state index contributed by atoms with van der Waals surface area (Å²) in [5.74, 6) is -1.09. The second-order valence-corrected chi connectivity index (χ2v) is 5.41. The highest BCUT2D eigenvalue weighted by Gasteiger charge is 2.24. The third-order valence-corrected chi connectivity index (χ3v) is 2.98. The molecule has 108 valence electrons. The van der Waals surface area contributed by atoms with Crippen LogP contribution in [0.1, 0.15) is 26.3 Å². The number of rotatable bonds is 4. The molecule has 20 heavy (non-hydrogen) atoms. The molecule has 0 saturated carbocycles.